The molecule has 1 spiro atoms. The molecule has 25 heavy (non-hydrogen) atoms. The number of hydrogen-bond donors (Lipinski definition) is 0. The van der Waals surface area contributed by atoms with Gasteiger partial charge in [0.15, 0.2) is 0 Å². The fourth-order valence-electron chi connectivity index (χ4n) is 5.40. The lowest BCUT2D eigenvalue weighted by Crippen LogP contribution is -2.56. The summed E-state index contributed by atoms with van der Waals surface area (Å²) in [5.41, 5.74) is 0.387. The summed E-state index contributed by atoms with van der Waals surface area (Å²) in [4.78, 5) is 19.2. The molecular formula is C19H33N3O3. The Labute approximate surface area is 151 Å². The first-order chi connectivity index (χ1) is 12.2. The van der Waals surface area contributed by atoms with Crippen LogP contribution in [0.2, 0.25) is 0 Å². The zero-order chi connectivity index (χ0) is 17.3. The van der Waals surface area contributed by atoms with Crippen molar-refractivity contribution >= 4 is 6.09 Å². The van der Waals surface area contributed by atoms with Crippen LogP contribution in [-0.4, -0.2) is 92.0 Å². The van der Waals surface area contributed by atoms with Crippen LogP contribution < -0.4 is 0 Å². The Morgan fingerprint density at radius 1 is 1.04 bits per heavy atom. The van der Waals surface area contributed by atoms with E-state index < -0.39 is 0 Å². The lowest BCUT2D eigenvalue weighted by molar-refractivity contribution is -0.0329. The monoisotopic (exact) mass is 351 g/mol. The Balaban J connectivity index is 1.21. The highest BCUT2D eigenvalue weighted by Gasteiger charge is 2.51. The number of morpholine rings is 1. The maximum absolute atomic E-state index is 11.9. The molecule has 6 nitrogen and oxygen atoms in total. The minimum atomic E-state index is -0.117. The number of likely N-dealkylation sites (tertiary alicyclic amines) is 2. The van der Waals surface area contributed by atoms with Crippen molar-refractivity contribution in [2.45, 2.75) is 51.1 Å². The molecule has 1 amide bonds. The molecule has 4 aliphatic rings. The summed E-state index contributed by atoms with van der Waals surface area (Å²) in [5, 5.41) is 0. The van der Waals surface area contributed by atoms with Gasteiger partial charge in [-0.3, -0.25) is 4.90 Å². The molecule has 3 heterocycles. The Kier molecular flexibility index (Phi) is 5.20. The highest BCUT2D eigenvalue weighted by Crippen LogP contribution is 2.50. The first-order valence-electron chi connectivity index (χ1n) is 10.2. The van der Waals surface area contributed by atoms with Gasteiger partial charge in [-0.2, -0.15) is 0 Å². The van der Waals surface area contributed by atoms with Crippen molar-refractivity contribution in [1.82, 2.24) is 14.7 Å². The zero-order valence-corrected chi connectivity index (χ0v) is 15.6. The summed E-state index contributed by atoms with van der Waals surface area (Å²) < 4.78 is 10.6. The van der Waals surface area contributed by atoms with Crippen molar-refractivity contribution < 1.29 is 14.3 Å². The maximum atomic E-state index is 11.9. The van der Waals surface area contributed by atoms with Crippen LogP contribution in [0.15, 0.2) is 0 Å². The highest BCUT2D eigenvalue weighted by atomic mass is 16.6. The molecule has 0 radical (unpaired) electrons. The summed E-state index contributed by atoms with van der Waals surface area (Å²) in [7, 11) is 0. The normalized spacial score (nSPS) is 35.1. The SMILES string of the molecule is CCOC(=O)N1CCC2(CC(N3CCC(N4CCOCC4)CC3)C2)C1. The average Bonchev–Trinajstić information content (AvgIpc) is 3.08. The van der Waals surface area contributed by atoms with Crippen LogP contribution in [0.1, 0.15) is 39.0 Å². The molecule has 4 rings (SSSR count). The van der Waals surface area contributed by atoms with Gasteiger partial charge in [0.25, 0.3) is 0 Å². The van der Waals surface area contributed by atoms with E-state index in [9.17, 15) is 4.79 Å². The molecule has 0 aromatic heterocycles. The number of carbonyl (C=O) groups is 1. The molecule has 3 saturated heterocycles. The van der Waals surface area contributed by atoms with Crippen LogP contribution in [0.4, 0.5) is 4.79 Å². The summed E-state index contributed by atoms with van der Waals surface area (Å²) in [6.07, 6.45) is 6.19. The first kappa shape index (κ1) is 17.6. The van der Waals surface area contributed by atoms with E-state index in [4.69, 9.17) is 9.47 Å². The van der Waals surface area contributed by atoms with E-state index in [1.54, 1.807) is 0 Å². The Bertz CT molecular complexity index is 467. The van der Waals surface area contributed by atoms with Gasteiger partial charge in [0.2, 0.25) is 0 Å². The molecule has 0 unspecified atom stereocenters. The molecule has 0 N–H and O–H groups in total. The predicted octanol–water partition coefficient (Wildman–Crippen LogP) is 1.79. The summed E-state index contributed by atoms with van der Waals surface area (Å²) in [6.45, 7) is 10.7. The van der Waals surface area contributed by atoms with Crippen LogP contribution in [0, 0.1) is 5.41 Å². The molecule has 6 heteroatoms. The first-order valence-corrected chi connectivity index (χ1v) is 10.2. The molecule has 142 valence electrons. The lowest BCUT2D eigenvalue weighted by Gasteiger charge is -2.52. The third kappa shape index (κ3) is 3.67. The Morgan fingerprint density at radius 3 is 2.40 bits per heavy atom. The van der Waals surface area contributed by atoms with Gasteiger partial charge in [0.1, 0.15) is 0 Å². The van der Waals surface area contributed by atoms with Gasteiger partial charge in [-0.15, -0.1) is 0 Å². The Hall–Kier alpha value is -0.850. The van der Waals surface area contributed by atoms with Crippen LogP contribution in [-0.2, 0) is 9.47 Å². The second-order valence-corrected chi connectivity index (χ2v) is 8.35. The van der Waals surface area contributed by atoms with Gasteiger partial charge in [0.05, 0.1) is 19.8 Å². The smallest absolute Gasteiger partial charge is 0.409 e. The number of rotatable bonds is 3. The van der Waals surface area contributed by atoms with E-state index in [-0.39, 0.29) is 6.09 Å². The van der Waals surface area contributed by atoms with Crippen LogP contribution >= 0.6 is 0 Å². The minimum absolute atomic E-state index is 0.117. The van der Waals surface area contributed by atoms with Crippen LogP contribution in [0.3, 0.4) is 0 Å². The molecule has 0 aromatic carbocycles. The standard InChI is InChI=1S/C19H33N3O3/c1-2-25-18(23)22-8-5-19(15-22)13-17(14-19)20-6-3-16(4-7-20)21-9-11-24-12-10-21/h16-17H,2-15H2,1H3. The fraction of sp³-hybridized carbons (Fsp3) is 0.947. The number of ether oxygens (including phenoxy) is 2. The van der Waals surface area contributed by atoms with Gasteiger partial charge < -0.3 is 19.3 Å². The molecule has 1 aliphatic carbocycles. The molecular weight excluding hydrogens is 318 g/mol. The molecule has 0 bridgehead atoms. The van der Waals surface area contributed by atoms with E-state index in [2.05, 4.69) is 9.80 Å². The van der Waals surface area contributed by atoms with E-state index in [0.717, 1.165) is 57.9 Å². The summed E-state index contributed by atoms with van der Waals surface area (Å²) in [6, 6.07) is 1.51. The van der Waals surface area contributed by atoms with Crippen molar-refractivity contribution in [3.63, 3.8) is 0 Å². The van der Waals surface area contributed by atoms with E-state index in [1.165, 1.54) is 38.8 Å². The minimum Gasteiger partial charge on any atom is -0.450 e. The van der Waals surface area contributed by atoms with Gasteiger partial charge >= 0.3 is 6.09 Å². The number of amides is 1. The highest BCUT2D eigenvalue weighted by molar-refractivity contribution is 5.68. The Morgan fingerprint density at radius 2 is 1.72 bits per heavy atom. The van der Waals surface area contributed by atoms with Crippen molar-refractivity contribution in [2.75, 3.05) is 59.1 Å². The molecule has 0 atom stereocenters. The number of nitrogens with zero attached hydrogens (tertiary/aromatic N) is 3. The molecule has 1 saturated carbocycles. The number of piperidine rings is 1. The maximum Gasteiger partial charge on any atom is 0.409 e. The van der Waals surface area contributed by atoms with Crippen LogP contribution in [0.25, 0.3) is 0 Å². The van der Waals surface area contributed by atoms with Gasteiger partial charge in [-0.25, -0.2) is 4.79 Å². The van der Waals surface area contributed by atoms with Gasteiger partial charge in [-0.1, -0.05) is 0 Å². The third-order valence-electron chi connectivity index (χ3n) is 6.88. The topological polar surface area (TPSA) is 45.2 Å². The summed E-state index contributed by atoms with van der Waals surface area (Å²) in [5.74, 6) is 0. The fourth-order valence-corrected chi connectivity index (χ4v) is 5.40. The van der Waals surface area contributed by atoms with Gasteiger partial charge in [-0.05, 0) is 57.5 Å². The molecule has 3 aliphatic heterocycles. The number of carbonyl (C=O) groups excluding carboxylic acids is 1. The van der Waals surface area contributed by atoms with Crippen molar-refractivity contribution in [1.29, 1.82) is 0 Å². The van der Waals surface area contributed by atoms with E-state index in [0.29, 0.717) is 12.0 Å². The number of hydrogen-bond acceptors (Lipinski definition) is 5. The second-order valence-electron chi connectivity index (χ2n) is 8.35. The zero-order valence-electron chi connectivity index (χ0n) is 15.6. The van der Waals surface area contributed by atoms with Crippen molar-refractivity contribution in [3.05, 3.63) is 0 Å². The quantitative estimate of drug-likeness (QED) is 0.776. The van der Waals surface area contributed by atoms with Crippen molar-refractivity contribution in [2.24, 2.45) is 5.41 Å². The summed E-state index contributed by atoms with van der Waals surface area (Å²) >= 11 is 0. The largest absolute Gasteiger partial charge is 0.450 e. The van der Waals surface area contributed by atoms with E-state index >= 15 is 0 Å². The predicted molar refractivity (Wildman–Crippen MR) is 95.7 cm³/mol. The van der Waals surface area contributed by atoms with E-state index in [1.807, 2.05) is 11.8 Å². The molecule has 0 aromatic rings. The average molecular weight is 351 g/mol. The van der Waals surface area contributed by atoms with Crippen molar-refractivity contribution in [3.8, 4) is 0 Å². The van der Waals surface area contributed by atoms with Crippen LogP contribution in [0.5, 0.6) is 0 Å². The third-order valence-corrected chi connectivity index (χ3v) is 6.88. The lowest BCUT2D eigenvalue weighted by atomic mass is 9.64. The molecule has 4 fully saturated rings. The second kappa shape index (κ2) is 7.41. The van der Waals surface area contributed by atoms with Gasteiger partial charge in [0, 0.05) is 38.3 Å².